The van der Waals surface area contributed by atoms with E-state index in [1.807, 2.05) is 6.92 Å². The molecule has 3 atom stereocenters. The summed E-state index contributed by atoms with van der Waals surface area (Å²) >= 11 is 1.38. The topological polar surface area (TPSA) is 118 Å². The van der Waals surface area contributed by atoms with Crippen LogP contribution in [0.1, 0.15) is 46.0 Å². The SMILES string of the molecule is Cc1cnc(-c2cc(OC3CCN(C(=O)O)CC3F)cc(C(=O)N[C@H](C)c3cnc(C(F)(F)F)nc3)c2)s1. The summed E-state index contributed by atoms with van der Waals surface area (Å²) in [5.74, 6) is -1.65. The van der Waals surface area contributed by atoms with Crippen LogP contribution in [-0.2, 0) is 6.18 Å². The van der Waals surface area contributed by atoms with Crippen LogP contribution in [0.15, 0.2) is 36.8 Å². The van der Waals surface area contributed by atoms with Crippen molar-refractivity contribution in [2.75, 3.05) is 13.1 Å². The van der Waals surface area contributed by atoms with Crippen molar-refractivity contribution in [1.82, 2.24) is 25.2 Å². The van der Waals surface area contributed by atoms with Crippen molar-refractivity contribution in [2.45, 2.75) is 44.8 Å². The van der Waals surface area contributed by atoms with Crippen LogP contribution in [0.25, 0.3) is 10.6 Å². The van der Waals surface area contributed by atoms with Gasteiger partial charge in [-0.05, 0) is 32.0 Å². The molecule has 3 heterocycles. The van der Waals surface area contributed by atoms with E-state index in [4.69, 9.17) is 9.84 Å². The molecule has 202 valence electrons. The Morgan fingerprint density at radius 2 is 1.89 bits per heavy atom. The van der Waals surface area contributed by atoms with Gasteiger partial charge in [0.2, 0.25) is 5.82 Å². The van der Waals surface area contributed by atoms with Gasteiger partial charge in [-0.2, -0.15) is 13.2 Å². The van der Waals surface area contributed by atoms with Crippen LogP contribution < -0.4 is 10.1 Å². The number of hydrogen-bond donors (Lipinski definition) is 2. The third-order valence-corrected chi connectivity index (χ3v) is 6.81. The van der Waals surface area contributed by atoms with Gasteiger partial charge in [-0.25, -0.2) is 24.1 Å². The number of amides is 2. The van der Waals surface area contributed by atoms with Crippen LogP contribution in [0.5, 0.6) is 5.75 Å². The second-order valence-electron chi connectivity index (χ2n) is 8.74. The van der Waals surface area contributed by atoms with Crippen molar-refractivity contribution in [3.8, 4) is 16.3 Å². The fourth-order valence-electron chi connectivity index (χ4n) is 3.85. The number of piperidine rings is 1. The zero-order valence-electron chi connectivity index (χ0n) is 20.2. The largest absolute Gasteiger partial charge is 0.487 e. The molecular weight excluding hydrogens is 530 g/mol. The van der Waals surface area contributed by atoms with Gasteiger partial charge in [-0.15, -0.1) is 11.3 Å². The minimum Gasteiger partial charge on any atom is -0.487 e. The molecule has 0 spiro atoms. The molecule has 4 rings (SSSR count). The number of ether oxygens (including phenoxy) is 1. The number of aryl methyl sites for hydroxylation is 1. The highest BCUT2D eigenvalue weighted by atomic mass is 32.1. The summed E-state index contributed by atoms with van der Waals surface area (Å²) in [6.45, 7) is 3.21. The second-order valence-corrected chi connectivity index (χ2v) is 9.98. The molecule has 0 radical (unpaired) electrons. The Hall–Kier alpha value is -3.81. The van der Waals surface area contributed by atoms with Gasteiger partial charge in [-0.1, -0.05) is 0 Å². The first-order valence-corrected chi connectivity index (χ1v) is 12.3. The Labute approximate surface area is 218 Å². The number of nitrogens with one attached hydrogen (secondary N) is 1. The zero-order valence-corrected chi connectivity index (χ0v) is 21.0. The molecule has 2 aromatic heterocycles. The number of carbonyl (C=O) groups is 2. The van der Waals surface area contributed by atoms with Gasteiger partial charge in [0.15, 0.2) is 6.17 Å². The molecule has 3 aromatic rings. The van der Waals surface area contributed by atoms with Crippen molar-refractivity contribution in [1.29, 1.82) is 0 Å². The molecule has 2 amide bonds. The Kier molecular flexibility index (Phi) is 7.81. The van der Waals surface area contributed by atoms with Gasteiger partial charge in [0, 0.05) is 53.1 Å². The number of hydrogen-bond acceptors (Lipinski definition) is 7. The number of aromatic nitrogens is 3. The predicted molar refractivity (Wildman–Crippen MR) is 129 cm³/mol. The smallest absolute Gasteiger partial charge is 0.451 e. The Bertz CT molecular complexity index is 1320. The molecule has 2 N–H and O–H groups in total. The van der Waals surface area contributed by atoms with Gasteiger partial charge in [0.25, 0.3) is 5.91 Å². The first-order chi connectivity index (χ1) is 17.9. The molecular formula is C24H23F4N5O4S. The first-order valence-electron chi connectivity index (χ1n) is 11.5. The molecule has 14 heteroatoms. The summed E-state index contributed by atoms with van der Waals surface area (Å²) < 4.78 is 58.8. The first kappa shape index (κ1) is 27.2. The summed E-state index contributed by atoms with van der Waals surface area (Å²) in [5, 5.41) is 12.4. The molecule has 1 saturated heterocycles. The van der Waals surface area contributed by atoms with E-state index in [0.717, 1.165) is 22.2 Å². The molecule has 0 aliphatic carbocycles. The van der Waals surface area contributed by atoms with E-state index in [1.165, 1.54) is 17.4 Å². The molecule has 1 aliphatic rings. The monoisotopic (exact) mass is 553 g/mol. The molecule has 2 unspecified atom stereocenters. The Morgan fingerprint density at radius 3 is 2.47 bits per heavy atom. The van der Waals surface area contributed by atoms with Crippen molar-refractivity contribution in [3.63, 3.8) is 0 Å². The molecule has 1 fully saturated rings. The van der Waals surface area contributed by atoms with E-state index in [-0.39, 0.29) is 36.4 Å². The van der Waals surface area contributed by atoms with Crippen LogP contribution in [0.3, 0.4) is 0 Å². The maximum Gasteiger partial charge on any atom is 0.451 e. The van der Waals surface area contributed by atoms with Crippen molar-refractivity contribution in [2.24, 2.45) is 0 Å². The normalized spacial score (nSPS) is 18.6. The van der Waals surface area contributed by atoms with Crippen molar-refractivity contribution in [3.05, 3.63) is 58.6 Å². The molecule has 9 nitrogen and oxygen atoms in total. The van der Waals surface area contributed by atoms with Crippen LogP contribution in [0, 0.1) is 6.92 Å². The maximum absolute atomic E-state index is 14.7. The number of halogens is 4. The number of likely N-dealkylation sites (tertiary alicyclic amines) is 1. The Balaban J connectivity index is 1.56. The summed E-state index contributed by atoms with van der Waals surface area (Å²) in [6, 6.07) is 3.90. The van der Waals surface area contributed by atoms with Gasteiger partial charge in [0.05, 0.1) is 12.6 Å². The summed E-state index contributed by atoms with van der Waals surface area (Å²) in [7, 11) is 0. The lowest BCUT2D eigenvalue weighted by molar-refractivity contribution is -0.145. The second kappa shape index (κ2) is 10.9. The number of alkyl halides is 4. The summed E-state index contributed by atoms with van der Waals surface area (Å²) in [6.07, 6.45) is -4.60. The highest BCUT2D eigenvalue weighted by molar-refractivity contribution is 7.14. The van der Waals surface area contributed by atoms with Gasteiger partial charge in [0.1, 0.15) is 16.9 Å². The highest BCUT2D eigenvalue weighted by Gasteiger charge is 2.35. The number of nitrogens with zero attached hydrogens (tertiary/aromatic N) is 4. The lowest BCUT2D eigenvalue weighted by atomic mass is 10.1. The van der Waals surface area contributed by atoms with Gasteiger partial charge in [-0.3, -0.25) is 4.79 Å². The third-order valence-electron chi connectivity index (χ3n) is 5.85. The minimum atomic E-state index is -4.68. The quantitative estimate of drug-likeness (QED) is 0.418. The molecule has 0 saturated carbocycles. The minimum absolute atomic E-state index is 0.103. The average Bonchev–Trinajstić information content (AvgIpc) is 3.30. The number of thiazole rings is 1. The standard InChI is InChI=1S/C24H23F4N5O4S/c1-12-8-29-21(38-12)15-5-14(6-17(7-15)37-19-3-4-33(23(35)36)11-18(19)25)20(34)32-13(2)16-9-30-22(31-10-16)24(26,27)28/h5-10,13,18-19H,3-4,11H2,1-2H3,(H,32,34)(H,35,36)/t13-,18?,19?/m1/s1. The molecule has 38 heavy (non-hydrogen) atoms. The Morgan fingerprint density at radius 1 is 1.18 bits per heavy atom. The fraction of sp³-hybridized carbons (Fsp3) is 0.375. The average molecular weight is 554 g/mol. The molecule has 1 aromatic carbocycles. The van der Waals surface area contributed by atoms with Crippen LogP contribution in [-0.4, -0.2) is 62.3 Å². The van der Waals surface area contributed by atoms with E-state index >= 15 is 0 Å². The maximum atomic E-state index is 14.7. The van der Waals surface area contributed by atoms with E-state index in [2.05, 4.69) is 20.3 Å². The number of carbonyl (C=O) groups excluding carboxylic acids is 1. The van der Waals surface area contributed by atoms with E-state index in [1.54, 1.807) is 25.3 Å². The third kappa shape index (κ3) is 6.36. The van der Waals surface area contributed by atoms with Crippen LogP contribution >= 0.6 is 11.3 Å². The van der Waals surface area contributed by atoms with Crippen molar-refractivity contribution < 1.29 is 37.0 Å². The summed E-state index contributed by atoms with van der Waals surface area (Å²) in [5.41, 5.74) is 0.970. The van der Waals surface area contributed by atoms with Gasteiger partial charge >= 0.3 is 12.3 Å². The number of benzene rings is 1. The predicted octanol–water partition coefficient (Wildman–Crippen LogP) is 4.89. The van der Waals surface area contributed by atoms with E-state index < -0.39 is 42.3 Å². The molecule has 1 aliphatic heterocycles. The fourth-order valence-corrected chi connectivity index (χ4v) is 4.60. The lowest BCUT2D eigenvalue weighted by Crippen LogP contribution is -2.48. The molecule has 0 bridgehead atoms. The highest BCUT2D eigenvalue weighted by Crippen LogP contribution is 2.32. The van der Waals surface area contributed by atoms with E-state index in [0.29, 0.717) is 10.6 Å². The zero-order chi connectivity index (χ0) is 27.6. The number of carboxylic acid groups (broad SMARTS) is 1. The van der Waals surface area contributed by atoms with Crippen molar-refractivity contribution >= 4 is 23.3 Å². The number of rotatable bonds is 6. The summed E-state index contributed by atoms with van der Waals surface area (Å²) in [4.78, 5) is 37.1. The lowest BCUT2D eigenvalue weighted by Gasteiger charge is -2.33. The van der Waals surface area contributed by atoms with Crippen LogP contribution in [0.2, 0.25) is 0 Å². The van der Waals surface area contributed by atoms with Gasteiger partial charge < -0.3 is 20.1 Å². The van der Waals surface area contributed by atoms with Crippen LogP contribution in [0.4, 0.5) is 22.4 Å². The van der Waals surface area contributed by atoms with E-state index in [9.17, 15) is 27.2 Å².